The highest BCUT2D eigenvalue weighted by molar-refractivity contribution is 5.93. The van der Waals surface area contributed by atoms with E-state index in [1.54, 1.807) is 0 Å². The van der Waals surface area contributed by atoms with Gasteiger partial charge in [-0.15, -0.1) is 0 Å². The van der Waals surface area contributed by atoms with Crippen molar-refractivity contribution in [3.05, 3.63) is 66.0 Å². The van der Waals surface area contributed by atoms with Crippen LogP contribution < -0.4 is 5.32 Å². The van der Waals surface area contributed by atoms with Crippen LogP contribution in [0, 0.1) is 5.92 Å². The molecule has 1 saturated heterocycles. The van der Waals surface area contributed by atoms with Crippen molar-refractivity contribution in [3.63, 3.8) is 0 Å². The first-order valence-corrected chi connectivity index (χ1v) is 13.4. The molecule has 2 N–H and O–H groups in total. The molecule has 0 saturated carbocycles. The molecule has 2 amide bonds. The minimum Gasteiger partial charge on any atom is -0.346 e. The largest absolute Gasteiger partial charge is 0.346 e. The Morgan fingerprint density at radius 1 is 1.03 bits per heavy atom. The van der Waals surface area contributed by atoms with Gasteiger partial charge in [0.1, 0.15) is 5.82 Å². The van der Waals surface area contributed by atoms with Crippen LogP contribution >= 0.6 is 0 Å². The summed E-state index contributed by atoms with van der Waals surface area (Å²) in [7, 11) is 0. The van der Waals surface area contributed by atoms with Gasteiger partial charge < -0.3 is 15.2 Å². The van der Waals surface area contributed by atoms with Gasteiger partial charge in [0.05, 0.1) is 29.5 Å². The fourth-order valence-electron chi connectivity index (χ4n) is 5.06. The van der Waals surface area contributed by atoms with Crippen molar-refractivity contribution in [2.45, 2.75) is 77.3 Å². The third-order valence-corrected chi connectivity index (χ3v) is 7.19. The average molecular weight is 503 g/mol. The number of rotatable bonds is 11. The fourth-order valence-corrected chi connectivity index (χ4v) is 5.06. The lowest BCUT2D eigenvalue weighted by atomic mass is 9.96. The van der Waals surface area contributed by atoms with Crippen LogP contribution in [0.4, 0.5) is 0 Å². The molecule has 2 aromatic carbocycles. The van der Waals surface area contributed by atoms with Crippen LogP contribution in [0.15, 0.2) is 54.6 Å². The maximum absolute atomic E-state index is 13.5. The molecule has 0 radical (unpaired) electrons. The number of aromatic nitrogens is 2. The number of nitrogens with zero attached hydrogens (tertiary/aromatic N) is 2. The van der Waals surface area contributed by atoms with E-state index in [4.69, 9.17) is 0 Å². The van der Waals surface area contributed by atoms with Crippen LogP contribution in [-0.2, 0) is 14.4 Å². The number of ketones is 1. The van der Waals surface area contributed by atoms with E-state index < -0.39 is 6.04 Å². The number of Topliss-reactive ketones (excluding diaryl/α,β-unsaturated/α-hetero) is 1. The molecule has 1 aromatic heterocycles. The number of aromatic amines is 1. The van der Waals surface area contributed by atoms with E-state index in [0.29, 0.717) is 18.9 Å². The Morgan fingerprint density at radius 2 is 1.76 bits per heavy atom. The molecule has 4 rings (SSSR count). The molecule has 0 spiro atoms. The zero-order chi connectivity index (χ0) is 26.4. The van der Waals surface area contributed by atoms with E-state index in [0.717, 1.165) is 41.7 Å². The van der Waals surface area contributed by atoms with Crippen molar-refractivity contribution in [1.82, 2.24) is 20.2 Å². The molecule has 37 heavy (non-hydrogen) atoms. The van der Waals surface area contributed by atoms with Crippen molar-refractivity contribution in [1.29, 1.82) is 0 Å². The molecule has 1 aliphatic heterocycles. The second kappa shape index (κ2) is 12.2. The van der Waals surface area contributed by atoms with E-state index in [1.165, 1.54) is 0 Å². The monoisotopic (exact) mass is 502 g/mol. The standard InChI is InChI=1S/C30H38N4O3/c1-20(2)15-16-28(36)31-25(19-29(37)34-17-9-14-26(34)22-10-5-4-6-11-22)27(35)18-21(3)30-32-23-12-7-8-13-24(23)33-30/h4-8,10-13,20-21,25-26H,9,14-19H2,1-3H3,(H,31,36)(H,32,33)/t21-,25+,26-/m1/s1. The van der Waals surface area contributed by atoms with Gasteiger partial charge in [0.25, 0.3) is 0 Å². The predicted octanol–water partition coefficient (Wildman–Crippen LogP) is 5.30. The number of likely N-dealkylation sites (tertiary alicyclic amines) is 1. The summed E-state index contributed by atoms with van der Waals surface area (Å²) in [6.45, 7) is 6.73. The number of imidazole rings is 1. The van der Waals surface area contributed by atoms with Crippen molar-refractivity contribution < 1.29 is 14.4 Å². The minimum atomic E-state index is -0.851. The molecule has 2 heterocycles. The van der Waals surface area contributed by atoms with Gasteiger partial charge in [0, 0.05) is 25.3 Å². The molecular formula is C30H38N4O3. The summed E-state index contributed by atoms with van der Waals surface area (Å²) in [6, 6.07) is 16.9. The Kier molecular flexibility index (Phi) is 8.74. The van der Waals surface area contributed by atoms with Crippen LogP contribution in [0.25, 0.3) is 11.0 Å². The van der Waals surface area contributed by atoms with Crippen LogP contribution in [0.5, 0.6) is 0 Å². The summed E-state index contributed by atoms with van der Waals surface area (Å²) in [5.41, 5.74) is 2.88. The SMILES string of the molecule is CC(C)CCC(=O)N[C@@H](CC(=O)N1CCC[C@@H]1c1ccccc1)C(=O)C[C@@H](C)c1nc2ccccc2[nH]1. The van der Waals surface area contributed by atoms with Crippen LogP contribution in [0.3, 0.4) is 0 Å². The summed E-state index contributed by atoms with van der Waals surface area (Å²) >= 11 is 0. The molecule has 0 bridgehead atoms. The lowest BCUT2D eigenvalue weighted by Crippen LogP contribution is -2.45. The van der Waals surface area contributed by atoms with Gasteiger partial charge in [-0.2, -0.15) is 0 Å². The maximum Gasteiger partial charge on any atom is 0.225 e. The second-order valence-electron chi connectivity index (χ2n) is 10.6. The van der Waals surface area contributed by atoms with Crippen molar-refractivity contribution >= 4 is 28.6 Å². The van der Waals surface area contributed by atoms with E-state index >= 15 is 0 Å². The minimum absolute atomic E-state index is 0.00978. The molecule has 0 unspecified atom stereocenters. The van der Waals surface area contributed by atoms with Crippen molar-refractivity contribution in [2.75, 3.05) is 6.54 Å². The fraction of sp³-hybridized carbons (Fsp3) is 0.467. The van der Waals surface area contributed by atoms with Gasteiger partial charge >= 0.3 is 0 Å². The Morgan fingerprint density at radius 3 is 2.49 bits per heavy atom. The molecular weight excluding hydrogens is 464 g/mol. The lowest BCUT2D eigenvalue weighted by molar-refractivity contribution is -0.136. The molecule has 196 valence electrons. The number of carbonyl (C=O) groups is 3. The first-order chi connectivity index (χ1) is 17.8. The van der Waals surface area contributed by atoms with Gasteiger partial charge in [-0.3, -0.25) is 14.4 Å². The number of carbonyl (C=O) groups excluding carboxylic acids is 3. The van der Waals surface area contributed by atoms with Crippen LogP contribution in [0.1, 0.15) is 82.6 Å². The molecule has 1 aliphatic rings. The smallest absolute Gasteiger partial charge is 0.225 e. The number of amides is 2. The highest BCUT2D eigenvalue weighted by Crippen LogP contribution is 2.32. The van der Waals surface area contributed by atoms with Crippen molar-refractivity contribution in [3.8, 4) is 0 Å². The number of fused-ring (bicyclic) bond motifs is 1. The highest BCUT2D eigenvalue weighted by Gasteiger charge is 2.33. The molecule has 1 fully saturated rings. The van der Waals surface area contributed by atoms with E-state index in [9.17, 15) is 14.4 Å². The molecule has 3 atom stereocenters. The van der Waals surface area contributed by atoms with Gasteiger partial charge in [0.2, 0.25) is 11.8 Å². The number of H-pyrrole nitrogens is 1. The highest BCUT2D eigenvalue weighted by atomic mass is 16.2. The van der Waals surface area contributed by atoms with Gasteiger partial charge in [-0.05, 0) is 42.9 Å². The third kappa shape index (κ3) is 6.85. The summed E-state index contributed by atoms with van der Waals surface area (Å²) in [5.74, 6) is 0.520. The van der Waals surface area contributed by atoms with E-state index in [1.807, 2.05) is 66.4 Å². The van der Waals surface area contributed by atoms with Gasteiger partial charge in [-0.1, -0.05) is 63.2 Å². The Balaban J connectivity index is 1.47. The van der Waals surface area contributed by atoms with Crippen molar-refractivity contribution in [2.24, 2.45) is 5.92 Å². The number of benzene rings is 2. The molecule has 0 aliphatic carbocycles. The first kappa shape index (κ1) is 26.6. The summed E-state index contributed by atoms with van der Waals surface area (Å²) < 4.78 is 0. The molecule has 3 aromatic rings. The Bertz CT molecular complexity index is 1190. The number of hydrogen-bond acceptors (Lipinski definition) is 4. The third-order valence-electron chi connectivity index (χ3n) is 7.19. The zero-order valence-corrected chi connectivity index (χ0v) is 22.1. The molecule has 7 heteroatoms. The molecule has 7 nitrogen and oxygen atoms in total. The van der Waals surface area contributed by atoms with E-state index in [2.05, 4.69) is 29.1 Å². The van der Waals surface area contributed by atoms with Crippen LogP contribution in [0.2, 0.25) is 0 Å². The zero-order valence-electron chi connectivity index (χ0n) is 22.1. The topological polar surface area (TPSA) is 95.2 Å². The number of nitrogens with one attached hydrogen (secondary N) is 2. The Hall–Kier alpha value is -3.48. The normalized spacial score (nSPS) is 17.2. The van der Waals surface area contributed by atoms with E-state index in [-0.39, 0.29) is 42.4 Å². The summed E-state index contributed by atoms with van der Waals surface area (Å²) in [5, 5.41) is 2.90. The summed E-state index contributed by atoms with van der Waals surface area (Å²) in [6.07, 6.45) is 3.06. The maximum atomic E-state index is 13.5. The van der Waals surface area contributed by atoms with Crippen LogP contribution in [-0.4, -0.2) is 45.1 Å². The number of hydrogen-bond donors (Lipinski definition) is 2. The quantitative estimate of drug-likeness (QED) is 0.372. The Labute approximate surface area is 219 Å². The van der Waals surface area contributed by atoms with Gasteiger partial charge in [-0.25, -0.2) is 4.98 Å². The lowest BCUT2D eigenvalue weighted by Gasteiger charge is -2.27. The van der Waals surface area contributed by atoms with Gasteiger partial charge in [0.15, 0.2) is 5.78 Å². The number of para-hydroxylation sites is 2. The predicted molar refractivity (Wildman–Crippen MR) is 145 cm³/mol. The average Bonchev–Trinajstić information content (AvgIpc) is 3.55. The second-order valence-corrected chi connectivity index (χ2v) is 10.6. The summed E-state index contributed by atoms with van der Waals surface area (Å²) in [4.78, 5) is 49.5. The first-order valence-electron chi connectivity index (χ1n) is 13.4.